The van der Waals surface area contributed by atoms with Crippen molar-refractivity contribution in [3.63, 3.8) is 0 Å². The molecule has 0 radical (unpaired) electrons. The molecule has 3 N–H and O–H groups in total. The lowest BCUT2D eigenvalue weighted by molar-refractivity contribution is -0.114. The average Bonchev–Trinajstić information content (AvgIpc) is 2.42. The molecule has 0 aliphatic rings. The zero-order valence-electron chi connectivity index (χ0n) is 9.67. The van der Waals surface area contributed by atoms with Crippen LogP contribution >= 0.6 is 0 Å². The van der Waals surface area contributed by atoms with E-state index in [9.17, 15) is 4.79 Å². The standard InChI is InChI=1S/C13H13N3O2/c14-8-12(17)16-10-6-7-13(15-9-10)18-11-4-2-1-3-5-11/h1-7,9H,8,14H2,(H,16,17). The van der Waals surface area contributed by atoms with Crippen molar-refractivity contribution in [3.05, 3.63) is 48.7 Å². The van der Waals surface area contributed by atoms with E-state index in [0.717, 1.165) is 0 Å². The van der Waals surface area contributed by atoms with Crippen LogP contribution in [-0.2, 0) is 4.79 Å². The van der Waals surface area contributed by atoms with Gasteiger partial charge >= 0.3 is 0 Å². The molecular weight excluding hydrogens is 230 g/mol. The maximum Gasteiger partial charge on any atom is 0.238 e. The molecule has 5 nitrogen and oxygen atoms in total. The Morgan fingerprint density at radius 1 is 1.22 bits per heavy atom. The molecule has 2 aromatic rings. The normalized spacial score (nSPS) is 9.83. The van der Waals surface area contributed by atoms with Crippen LogP contribution in [-0.4, -0.2) is 17.4 Å². The minimum atomic E-state index is -0.256. The number of para-hydroxylation sites is 1. The molecule has 0 aliphatic heterocycles. The van der Waals surface area contributed by atoms with Crippen molar-refractivity contribution in [1.82, 2.24) is 4.98 Å². The third kappa shape index (κ3) is 3.29. The Morgan fingerprint density at radius 3 is 2.61 bits per heavy atom. The Morgan fingerprint density at radius 2 is 2.00 bits per heavy atom. The van der Waals surface area contributed by atoms with Gasteiger partial charge in [-0.2, -0.15) is 0 Å². The van der Waals surface area contributed by atoms with Crippen LogP contribution in [0.1, 0.15) is 0 Å². The maximum absolute atomic E-state index is 11.1. The number of carbonyl (C=O) groups excluding carboxylic acids is 1. The van der Waals surface area contributed by atoms with E-state index in [4.69, 9.17) is 10.5 Å². The van der Waals surface area contributed by atoms with Gasteiger partial charge in [0.2, 0.25) is 11.8 Å². The van der Waals surface area contributed by atoms with E-state index in [1.165, 1.54) is 6.20 Å². The van der Waals surface area contributed by atoms with E-state index < -0.39 is 0 Å². The van der Waals surface area contributed by atoms with Crippen molar-refractivity contribution in [2.75, 3.05) is 11.9 Å². The minimum absolute atomic E-state index is 0.0533. The lowest BCUT2D eigenvalue weighted by Gasteiger charge is -2.06. The predicted octanol–water partition coefficient (Wildman–Crippen LogP) is 1.77. The smallest absolute Gasteiger partial charge is 0.238 e. The van der Waals surface area contributed by atoms with Crippen molar-refractivity contribution in [2.24, 2.45) is 5.73 Å². The van der Waals surface area contributed by atoms with Crippen molar-refractivity contribution >= 4 is 11.6 Å². The van der Waals surface area contributed by atoms with Gasteiger partial charge in [0, 0.05) is 6.07 Å². The van der Waals surface area contributed by atoms with Gasteiger partial charge in [-0.1, -0.05) is 18.2 Å². The second kappa shape index (κ2) is 5.79. The SMILES string of the molecule is NCC(=O)Nc1ccc(Oc2ccccc2)nc1. The molecule has 92 valence electrons. The number of amides is 1. The maximum atomic E-state index is 11.1. The van der Waals surface area contributed by atoms with Crippen LogP contribution in [0.5, 0.6) is 11.6 Å². The molecule has 0 saturated carbocycles. The predicted molar refractivity (Wildman–Crippen MR) is 68.4 cm³/mol. The number of nitrogens with zero attached hydrogens (tertiary/aromatic N) is 1. The Labute approximate surface area is 105 Å². The van der Waals surface area contributed by atoms with E-state index in [0.29, 0.717) is 17.3 Å². The molecule has 1 heterocycles. The third-order valence-electron chi connectivity index (χ3n) is 2.17. The summed E-state index contributed by atoms with van der Waals surface area (Å²) in [6.07, 6.45) is 1.52. The van der Waals surface area contributed by atoms with Crippen molar-refractivity contribution in [1.29, 1.82) is 0 Å². The minimum Gasteiger partial charge on any atom is -0.439 e. The summed E-state index contributed by atoms with van der Waals surface area (Å²) < 4.78 is 5.52. The highest BCUT2D eigenvalue weighted by molar-refractivity contribution is 5.91. The first-order valence-electron chi connectivity index (χ1n) is 5.47. The fourth-order valence-electron chi connectivity index (χ4n) is 1.34. The molecule has 0 fully saturated rings. The highest BCUT2D eigenvalue weighted by Gasteiger charge is 2.01. The van der Waals surface area contributed by atoms with Gasteiger partial charge in [0.25, 0.3) is 0 Å². The lowest BCUT2D eigenvalue weighted by atomic mass is 10.3. The summed E-state index contributed by atoms with van der Waals surface area (Å²) in [6, 6.07) is 12.7. The van der Waals surface area contributed by atoms with Gasteiger partial charge < -0.3 is 15.8 Å². The average molecular weight is 243 g/mol. The van der Waals surface area contributed by atoms with Crippen LogP contribution in [0.4, 0.5) is 5.69 Å². The molecule has 1 aromatic carbocycles. The highest BCUT2D eigenvalue weighted by Crippen LogP contribution is 2.19. The van der Waals surface area contributed by atoms with Crippen LogP contribution in [0.3, 0.4) is 0 Å². The number of benzene rings is 1. The monoisotopic (exact) mass is 243 g/mol. The molecule has 1 aromatic heterocycles. The summed E-state index contributed by atoms with van der Waals surface area (Å²) in [4.78, 5) is 15.1. The van der Waals surface area contributed by atoms with Gasteiger partial charge in [-0.15, -0.1) is 0 Å². The zero-order chi connectivity index (χ0) is 12.8. The number of anilines is 1. The fraction of sp³-hybridized carbons (Fsp3) is 0.0769. The van der Waals surface area contributed by atoms with Gasteiger partial charge in [0.1, 0.15) is 5.75 Å². The van der Waals surface area contributed by atoms with Gasteiger partial charge in [-0.25, -0.2) is 4.98 Å². The Hall–Kier alpha value is -2.40. The first kappa shape index (κ1) is 12.1. The largest absolute Gasteiger partial charge is 0.439 e. The summed E-state index contributed by atoms with van der Waals surface area (Å²) in [5.41, 5.74) is 5.78. The third-order valence-corrected chi connectivity index (χ3v) is 2.17. The number of nitrogens with two attached hydrogens (primary N) is 1. The van der Waals surface area contributed by atoms with Crippen LogP contribution in [0.25, 0.3) is 0 Å². The van der Waals surface area contributed by atoms with Crippen molar-refractivity contribution < 1.29 is 9.53 Å². The quantitative estimate of drug-likeness (QED) is 0.858. The number of ether oxygens (including phenoxy) is 1. The van der Waals surface area contributed by atoms with Gasteiger partial charge in [-0.3, -0.25) is 4.79 Å². The molecule has 2 rings (SSSR count). The second-order valence-corrected chi connectivity index (χ2v) is 3.55. The molecule has 1 amide bonds. The summed E-state index contributed by atoms with van der Waals surface area (Å²) in [5.74, 6) is 0.921. The van der Waals surface area contributed by atoms with E-state index >= 15 is 0 Å². The van der Waals surface area contributed by atoms with Gasteiger partial charge in [0.15, 0.2) is 0 Å². The zero-order valence-corrected chi connectivity index (χ0v) is 9.67. The number of rotatable bonds is 4. The van der Waals surface area contributed by atoms with E-state index in [1.807, 2.05) is 30.3 Å². The molecule has 0 unspecified atom stereocenters. The molecule has 18 heavy (non-hydrogen) atoms. The van der Waals surface area contributed by atoms with Crippen LogP contribution in [0.2, 0.25) is 0 Å². The number of aromatic nitrogens is 1. The number of hydrogen-bond acceptors (Lipinski definition) is 4. The van der Waals surface area contributed by atoms with Gasteiger partial charge in [0.05, 0.1) is 18.4 Å². The Kier molecular flexibility index (Phi) is 3.88. The van der Waals surface area contributed by atoms with Crippen molar-refractivity contribution in [2.45, 2.75) is 0 Å². The fourth-order valence-corrected chi connectivity index (χ4v) is 1.34. The van der Waals surface area contributed by atoms with Crippen LogP contribution in [0.15, 0.2) is 48.7 Å². The summed E-state index contributed by atoms with van der Waals surface area (Å²) in [5, 5.41) is 2.60. The second-order valence-electron chi connectivity index (χ2n) is 3.55. The highest BCUT2D eigenvalue weighted by atomic mass is 16.5. The molecular formula is C13H13N3O2. The molecule has 0 spiro atoms. The number of pyridine rings is 1. The molecule has 0 bridgehead atoms. The molecule has 5 heteroatoms. The van der Waals surface area contributed by atoms with Crippen molar-refractivity contribution in [3.8, 4) is 11.6 Å². The Bertz CT molecular complexity index is 512. The topological polar surface area (TPSA) is 77.2 Å². The first-order valence-corrected chi connectivity index (χ1v) is 5.47. The Balaban J connectivity index is 2.02. The lowest BCUT2D eigenvalue weighted by Crippen LogP contribution is -2.21. The molecule has 0 aliphatic carbocycles. The summed E-state index contributed by atoms with van der Waals surface area (Å²) in [7, 11) is 0. The molecule has 0 atom stereocenters. The van der Waals surface area contributed by atoms with Crippen LogP contribution in [0, 0.1) is 0 Å². The van der Waals surface area contributed by atoms with Crippen LogP contribution < -0.4 is 15.8 Å². The number of carbonyl (C=O) groups is 1. The van der Waals surface area contributed by atoms with E-state index in [2.05, 4.69) is 10.3 Å². The number of hydrogen-bond donors (Lipinski definition) is 2. The number of nitrogens with one attached hydrogen (secondary N) is 1. The molecule has 0 saturated heterocycles. The van der Waals surface area contributed by atoms with Gasteiger partial charge in [-0.05, 0) is 18.2 Å². The summed E-state index contributed by atoms with van der Waals surface area (Å²) in [6.45, 7) is -0.0533. The van der Waals surface area contributed by atoms with E-state index in [1.54, 1.807) is 12.1 Å². The van der Waals surface area contributed by atoms with E-state index in [-0.39, 0.29) is 12.5 Å². The summed E-state index contributed by atoms with van der Waals surface area (Å²) >= 11 is 0. The first-order chi connectivity index (χ1) is 8.78.